The number of rotatable bonds is 6. The van der Waals surface area contributed by atoms with Gasteiger partial charge in [-0.3, -0.25) is 18.9 Å². The zero-order valence-corrected chi connectivity index (χ0v) is 21.9. The molecule has 1 N–H and O–H groups in total. The van der Waals surface area contributed by atoms with Crippen LogP contribution in [0.2, 0.25) is 0 Å². The summed E-state index contributed by atoms with van der Waals surface area (Å²) in [5.74, 6) is 2.36. The average molecular weight is 529 g/mol. The summed E-state index contributed by atoms with van der Waals surface area (Å²) >= 11 is 0. The van der Waals surface area contributed by atoms with Crippen molar-refractivity contribution in [1.29, 1.82) is 0 Å². The highest BCUT2D eigenvalue weighted by atomic mass is 16.5. The number of fused-ring (bicyclic) bond motifs is 1. The van der Waals surface area contributed by atoms with Crippen molar-refractivity contribution in [3.63, 3.8) is 0 Å². The number of amides is 2. The number of methoxy groups -OCH3 is 1. The minimum Gasteiger partial charge on any atom is -0.453 e. The van der Waals surface area contributed by atoms with Crippen molar-refractivity contribution >= 4 is 23.6 Å². The van der Waals surface area contributed by atoms with Crippen molar-refractivity contribution in [2.24, 2.45) is 7.05 Å². The summed E-state index contributed by atoms with van der Waals surface area (Å²) in [6.07, 6.45) is 4.87. The number of pyridine rings is 2. The molecule has 0 bridgehead atoms. The van der Waals surface area contributed by atoms with Gasteiger partial charge in [0.25, 0.3) is 5.91 Å². The molecule has 13 heteroatoms. The maximum Gasteiger partial charge on any atom is 0.407 e. The smallest absolute Gasteiger partial charge is 0.407 e. The Kier molecular flexibility index (Phi) is 6.17. The van der Waals surface area contributed by atoms with Crippen LogP contribution in [0.3, 0.4) is 0 Å². The Balaban J connectivity index is 1.35. The first-order valence-corrected chi connectivity index (χ1v) is 12.7. The van der Waals surface area contributed by atoms with E-state index in [1.54, 1.807) is 32.7 Å². The second-order valence-corrected chi connectivity index (χ2v) is 9.59. The predicted molar refractivity (Wildman–Crippen MR) is 141 cm³/mol. The number of nitrogens with zero attached hydrogens (tertiary/aromatic N) is 9. The molecule has 1 fully saturated rings. The summed E-state index contributed by atoms with van der Waals surface area (Å²) in [7, 11) is 3.15. The molecule has 13 nitrogen and oxygen atoms in total. The highest BCUT2D eigenvalue weighted by molar-refractivity contribution is 6.10. The van der Waals surface area contributed by atoms with E-state index < -0.39 is 6.09 Å². The minimum atomic E-state index is -0.557. The molecule has 39 heavy (non-hydrogen) atoms. The van der Waals surface area contributed by atoms with Gasteiger partial charge in [0.1, 0.15) is 29.5 Å². The fourth-order valence-electron chi connectivity index (χ4n) is 5.21. The van der Waals surface area contributed by atoms with E-state index in [4.69, 9.17) is 14.7 Å². The van der Waals surface area contributed by atoms with E-state index in [0.29, 0.717) is 34.6 Å². The van der Waals surface area contributed by atoms with E-state index in [0.717, 1.165) is 36.6 Å². The molecular weight excluding hydrogens is 500 g/mol. The number of nitrogens with one attached hydrogen (secondary N) is 1. The fourth-order valence-corrected chi connectivity index (χ4v) is 5.21. The summed E-state index contributed by atoms with van der Waals surface area (Å²) in [5, 5.41) is 15.3. The van der Waals surface area contributed by atoms with Crippen molar-refractivity contribution in [3.8, 4) is 17.3 Å². The van der Waals surface area contributed by atoms with Gasteiger partial charge in [0, 0.05) is 31.3 Å². The van der Waals surface area contributed by atoms with Crippen LogP contribution in [0, 0.1) is 0 Å². The van der Waals surface area contributed by atoms with Crippen molar-refractivity contribution in [2.45, 2.75) is 38.9 Å². The standard InChI is InChI=1S/C26H28N10O3/c1-16-6-5-11-34(16)22-12-17-18(20(31-22)13-27-26(38)39-3)14-35(25(17)37)21-8-4-7-19(30-21)24-32-28-15-36(24)23-9-10-29-33(23)2/h4,7-10,12,15-16H,5-6,11,13-14H2,1-3H3,(H,27,38)/t16-/m1/s1. The maximum absolute atomic E-state index is 13.8. The predicted octanol–water partition coefficient (Wildman–Crippen LogP) is 2.46. The molecule has 2 aliphatic heterocycles. The lowest BCUT2D eigenvalue weighted by Crippen LogP contribution is -2.29. The third kappa shape index (κ3) is 4.35. The van der Waals surface area contributed by atoms with Gasteiger partial charge in [-0.2, -0.15) is 5.10 Å². The van der Waals surface area contributed by atoms with Gasteiger partial charge in [0.2, 0.25) is 0 Å². The van der Waals surface area contributed by atoms with Gasteiger partial charge in [0.05, 0.1) is 37.7 Å². The minimum absolute atomic E-state index is 0.146. The first-order chi connectivity index (χ1) is 18.9. The molecule has 4 aromatic rings. The lowest BCUT2D eigenvalue weighted by Gasteiger charge is -2.24. The SMILES string of the molecule is COC(=O)NCc1nc(N2CCC[C@H]2C)cc2c1CN(c1cccc(-c3nncn3-c3ccnn3C)n1)C2=O. The number of carbonyl (C=O) groups excluding carboxylic acids is 2. The van der Waals surface area contributed by atoms with Gasteiger partial charge in [0.15, 0.2) is 5.82 Å². The zero-order chi connectivity index (χ0) is 27.1. The summed E-state index contributed by atoms with van der Waals surface area (Å²) in [6, 6.07) is 9.50. The van der Waals surface area contributed by atoms with Crippen molar-refractivity contribution in [2.75, 3.05) is 23.5 Å². The molecule has 0 saturated carbocycles. The Morgan fingerprint density at radius 1 is 1.21 bits per heavy atom. The highest BCUT2D eigenvalue weighted by Crippen LogP contribution is 2.34. The molecule has 2 amide bonds. The van der Waals surface area contributed by atoms with E-state index >= 15 is 0 Å². The van der Waals surface area contributed by atoms with Crippen LogP contribution in [0.4, 0.5) is 16.4 Å². The van der Waals surface area contributed by atoms with Crippen LogP contribution in [0.15, 0.2) is 42.9 Å². The van der Waals surface area contributed by atoms with Crippen molar-refractivity contribution in [3.05, 3.63) is 59.7 Å². The van der Waals surface area contributed by atoms with Crippen LogP contribution in [0.25, 0.3) is 17.3 Å². The van der Waals surface area contributed by atoms with Gasteiger partial charge >= 0.3 is 6.09 Å². The van der Waals surface area contributed by atoms with Crippen molar-refractivity contribution < 1.29 is 14.3 Å². The van der Waals surface area contributed by atoms with Crippen LogP contribution < -0.4 is 15.1 Å². The van der Waals surface area contributed by atoms with Gasteiger partial charge in [-0.15, -0.1) is 10.2 Å². The molecular formula is C26H28N10O3. The zero-order valence-electron chi connectivity index (χ0n) is 21.9. The number of ether oxygens (including phenoxy) is 1. The molecule has 4 aromatic heterocycles. The first kappa shape index (κ1) is 24.5. The summed E-state index contributed by atoms with van der Waals surface area (Å²) < 4.78 is 8.26. The van der Waals surface area contributed by atoms with Crippen molar-refractivity contribution in [1.82, 2.24) is 39.8 Å². The Hall–Kier alpha value is -4.81. The number of aromatic nitrogens is 7. The van der Waals surface area contributed by atoms with Crippen LogP contribution >= 0.6 is 0 Å². The fraction of sp³-hybridized carbons (Fsp3) is 0.346. The molecule has 6 rings (SSSR count). The Bertz CT molecular complexity index is 1560. The first-order valence-electron chi connectivity index (χ1n) is 12.7. The molecule has 0 aromatic carbocycles. The Labute approximate surface area is 224 Å². The maximum atomic E-state index is 13.8. The van der Waals surface area contributed by atoms with Crippen LogP contribution in [0.5, 0.6) is 0 Å². The summed E-state index contributed by atoms with van der Waals surface area (Å²) in [4.78, 5) is 39.1. The van der Waals surface area contributed by atoms with E-state index in [1.807, 2.05) is 31.3 Å². The second kappa shape index (κ2) is 9.82. The molecule has 200 valence electrons. The highest BCUT2D eigenvalue weighted by Gasteiger charge is 2.34. The molecule has 0 aliphatic carbocycles. The van der Waals surface area contributed by atoms with Crippen LogP contribution in [0.1, 0.15) is 41.4 Å². The largest absolute Gasteiger partial charge is 0.453 e. The van der Waals surface area contributed by atoms with E-state index in [9.17, 15) is 9.59 Å². The topological polar surface area (TPSA) is 136 Å². The third-order valence-corrected chi connectivity index (χ3v) is 7.25. The molecule has 1 saturated heterocycles. The second-order valence-electron chi connectivity index (χ2n) is 9.59. The number of hydrogen-bond acceptors (Lipinski definition) is 9. The van der Waals surface area contributed by atoms with Gasteiger partial charge < -0.3 is 15.0 Å². The molecule has 1 atom stereocenters. The molecule has 2 aliphatic rings. The summed E-state index contributed by atoms with van der Waals surface area (Å²) in [6.45, 7) is 3.45. The van der Waals surface area contributed by atoms with Gasteiger partial charge in [-0.25, -0.2) is 14.8 Å². The number of alkyl carbamates (subject to hydrolysis) is 1. The number of hydrogen-bond donors (Lipinski definition) is 1. The monoisotopic (exact) mass is 528 g/mol. The molecule has 0 unspecified atom stereocenters. The lowest BCUT2D eigenvalue weighted by molar-refractivity contribution is 0.0996. The Morgan fingerprint density at radius 3 is 2.82 bits per heavy atom. The summed E-state index contributed by atoms with van der Waals surface area (Å²) in [5.41, 5.74) is 2.52. The number of carbonyl (C=O) groups is 2. The number of aryl methyl sites for hydroxylation is 1. The van der Waals surface area contributed by atoms with Crippen LogP contribution in [-0.2, 0) is 24.9 Å². The average Bonchev–Trinajstić information content (AvgIpc) is 3.74. The third-order valence-electron chi connectivity index (χ3n) is 7.25. The van der Waals surface area contributed by atoms with Gasteiger partial charge in [-0.05, 0) is 38.0 Å². The lowest BCUT2D eigenvalue weighted by atomic mass is 10.1. The molecule has 0 radical (unpaired) electrons. The van der Waals surface area contributed by atoms with E-state index in [1.165, 1.54) is 7.11 Å². The normalized spacial score (nSPS) is 16.6. The van der Waals surface area contributed by atoms with E-state index in [-0.39, 0.29) is 19.0 Å². The van der Waals surface area contributed by atoms with E-state index in [2.05, 4.69) is 32.4 Å². The molecule has 0 spiro atoms. The molecule has 6 heterocycles. The van der Waals surface area contributed by atoms with Crippen LogP contribution in [-0.4, -0.2) is 66.2 Å². The Morgan fingerprint density at radius 2 is 2.08 bits per heavy atom. The quantitative estimate of drug-likeness (QED) is 0.400. The number of anilines is 2. The van der Waals surface area contributed by atoms with Gasteiger partial charge in [-0.1, -0.05) is 6.07 Å².